The number of rotatable bonds is 2. The number of aldehydes is 1. The quantitative estimate of drug-likeness (QED) is 0.219. The number of carbonyl (C=O) groups excluding carboxylic acids is 1. The fraction of sp³-hybridized carbons (Fsp3) is 0.130. The average molecular weight is 668 g/mol. The lowest BCUT2D eigenvalue weighted by atomic mass is 10.1. The Morgan fingerprint density at radius 3 is 1.44 bits per heavy atom. The Morgan fingerprint density at radius 1 is 0.634 bits per heavy atom. The topological polar surface area (TPSA) is 54.4 Å². The van der Waals surface area contributed by atoms with Crippen LogP contribution in [-0.2, 0) is 18.5 Å². The molecule has 0 saturated heterocycles. The second-order valence-corrected chi connectivity index (χ2v) is 8.45. The normalized spacial score (nSPS) is 11.6. The van der Waals surface area contributed by atoms with Crippen molar-refractivity contribution in [2.45, 2.75) is 18.5 Å². The van der Waals surface area contributed by atoms with Crippen LogP contribution < -0.4 is 0 Å². The zero-order chi connectivity index (χ0) is 32.1. The predicted octanol–water partition coefficient (Wildman–Crippen LogP) is 10.0. The van der Waals surface area contributed by atoms with Gasteiger partial charge in [0.1, 0.15) is 5.82 Å². The first-order chi connectivity index (χ1) is 18.5. The maximum Gasteiger partial charge on any atom is 0.416 e. The van der Waals surface area contributed by atoms with Crippen molar-refractivity contribution in [3.8, 4) is 0 Å². The Morgan fingerprint density at radius 2 is 1.05 bits per heavy atom. The number of carboxylic acids is 1. The van der Waals surface area contributed by atoms with E-state index in [1.807, 2.05) is 0 Å². The maximum absolute atomic E-state index is 12.9. The molecule has 0 fully saturated rings. The predicted molar refractivity (Wildman–Crippen MR) is 122 cm³/mol. The number of carbonyl (C=O) groups is 2. The van der Waals surface area contributed by atoms with Crippen LogP contribution in [-0.4, -0.2) is 17.4 Å². The zero-order valence-corrected chi connectivity index (χ0v) is 21.3. The molecule has 0 atom stereocenters. The molecule has 0 saturated carbocycles. The number of carboxylic acid groups (broad SMARTS) is 1. The van der Waals surface area contributed by atoms with Gasteiger partial charge in [0.05, 0.1) is 42.9 Å². The van der Waals surface area contributed by atoms with Gasteiger partial charge in [-0.2, -0.15) is 39.5 Å². The van der Waals surface area contributed by atoms with Gasteiger partial charge in [0.2, 0.25) is 0 Å². The van der Waals surface area contributed by atoms with Crippen LogP contribution in [0.2, 0.25) is 15.1 Å². The first-order valence-corrected chi connectivity index (χ1v) is 11.0. The molecule has 0 aliphatic heterocycles. The van der Waals surface area contributed by atoms with Crippen LogP contribution in [0.15, 0.2) is 42.5 Å². The minimum atomic E-state index is -4.76. The Balaban J connectivity index is 0.000000309. The van der Waals surface area contributed by atoms with Gasteiger partial charge in [-0.15, -0.1) is 0 Å². The lowest BCUT2D eigenvalue weighted by molar-refractivity contribution is -0.138. The highest BCUT2D eigenvalue weighted by molar-refractivity contribution is 6.31. The van der Waals surface area contributed by atoms with E-state index in [9.17, 15) is 62.3 Å². The van der Waals surface area contributed by atoms with Crippen molar-refractivity contribution in [2.75, 3.05) is 0 Å². The monoisotopic (exact) mass is 666 g/mol. The molecule has 0 unspecified atom stereocenters. The standard InChI is InChI=1S/C8H3ClF4O2.C8H3ClF4O.C7H3ClF4/c9-5-2-3(8(11,12)13)1-4(6(5)10)7(14)15;9-6-2-5(8(11,12)13)1-4(3-14)7(6)10;8-5-3-4(7(10,11)12)1-2-6(5)9/h1-2H,(H,14,15);1-3H;1-3H. The molecule has 1 N–H and O–H groups in total. The average Bonchev–Trinajstić information content (AvgIpc) is 2.82. The van der Waals surface area contributed by atoms with E-state index in [4.69, 9.17) is 39.9 Å². The van der Waals surface area contributed by atoms with Crippen LogP contribution in [0.1, 0.15) is 37.4 Å². The lowest BCUT2D eigenvalue weighted by Gasteiger charge is -2.08. The van der Waals surface area contributed by atoms with Crippen LogP contribution in [0.5, 0.6) is 0 Å². The number of aromatic carboxylic acids is 1. The van der Waals surface area contributed by atoms with E-state index in [0.717, 1.165) is 0 Å². The largest absolute Gasteiger partial charge is 0.478 e. The summed E-state index contributed by atoms with van der Waals surface area (Å²) in [6.45, 7) is 0. The molecule has 0 heterocycles. The van der Waals surface area contributed by atoms with E-state index in [1.165, 1.54) is 0 Å². The summed E-state index contributed by atoms with van der Waals surface area (Å²) in [5.74, 6) is -5.18. The molecular weight excluding hydrogens is 659 g/mol. The molecule has 0 aromatic heterocycles. The summed E-state index contributed by atoms with van der Waals surface area (Å²) >= 11 is 15.4. The van der Waals surface area contributed by atoms with Crippen LogP contribution in [0.25, 0.3) is 0 Å². The van der Waals surface area contributed by atoms with Gasteiger partial charge in [-0.05, 0) is 42.5 Å². The SMILES string of the molecule is Fc1ccc(C(F)(F)F)cc1Cl.O=C(O)c1cc(C(F)(F)F)cc(Cl)c1F.O=Cc1cc(C(F)(F)F)cc(Cl)c1F. The van der Waals surface area contributed by atoms with Crippen molar-refractivity contribution in [1.29, 1.82) is 0 Å². The number of hydrogen-bond acceptors (Lipinski definition) is 2. The lowest BCUT2D eigenvalue weighted by Crippen LogP contribution is -2.09. The highest BCUT2D eigenvalue weighted by Gasteiger charge is 2.34. The van der Waals surface area contributed by atoms with Crippen LogP contribution >= 0.6 is 34.8 Å². The molecule has 0 radical (unpaired) electrons. The third-order valence-electron chi connectivity index (χ3n) is 4.34. The van der Waals surface area contributed by atoms with Crippen LogP contribution in [0, 0.1) is 17.5 Å². The fourth-order valence-electron chi connectivity index (χ4n) is 2.44. The van der Waals surface area contributed by atoms with Gasteiger partial charge in [0.25, 0.3) is 0 Å². The summed E-state index contributed by atoms with van der Waals surface area (Å²) in [7, 11) is 0. The summed E-state index contributed by atoms with van der Waals surface area (Å²) in [4.78, 5) is 20.6. The minimum absolute atomic E-state index is 0.0174. The Hall–Kier alpha value is -3.17. The van der Waals surface area contributed by atoms with Crippen molar-refractivity contribution < 1.29 is 67.4 Å². The van der Waals surface area contributed by atoms with Crippen LogP contribution in [0.3, 0.4) is 0 Å². The van der Waals surface area contributed by atoms with E-state index in [1.54, 1.807) is 0 Å². The summed E-state index contributed by atoms with van der Waals surface area (Å²) in [5.41, 5.74) is -5.20. The fourth-order valence-corrected chi connectivity index (χ4v) is 3.07. The summed E-state index contributed by atoms with van der Waals surface area (Å²) in [6.07, 6.45) is -13.9. The summed E-state index contributed by atoms with van der Waals surface area (Å²) in [5, 5.41) is 6.30. The molecule has 224 valence electrons. The molecule has 18 heteroatoms. The molecule has 0 aliphatic carbocycles. The third-order valence-corrected chi connectivity index (χ3v) is 5.18. The number of hydrogen-bond donors (Lipinski definition) is 1. The molecule has 0 bridgehead atoms. The number of benzene rings is 3. The molecule has 3 aromatic carbocycles. The Labute approximate surface area is 235 Å². The van der Waals surface area contributed by atoms with Gasteiger partial charge in [0.15, 0.2) is 17.9 Å². The smallest absolute Gasteiger partial charge is 0.416 e. The van der Waals surface area contributed by atoms with Gasteiger partial charge in [0, 0.05) is 0 Å². The van der Waals surface area contributed by atoms with E-state index in [0.29, 0.717) is 36.4 Å². The number of alkyl halides is 9. The van der Waals surface area contributed by atoms with Crippen molar-refractivity contribution in [1.82, 2.24) is 0 Å². The summed E-state index contributed by atoms with van der Waals surface area (Å²) < 4.78 is 147. The highest BCUT2D eigenvalue weighted by atomic mass is 35.5. The first kappa shape index (κ1) is 35.9. The highest BCUT2D eigenvalue weighted by Crippen LogP contribution is 2.34. The molecule has 0 amide bonds. The second-order valence-electron chi connectivity index (χ2n) is 7.23. The van der Waals surface area contributed by atoms with E-state index in [-0.39, 0.29) is 12.4 Å². The Bertz CT molecular complexity index is 1420. The van der Waals surface area contributed by atoms with E-state index < -0.39 is 84.8 Å². The van der Waals surface area contributed by atoms with Crippen LogP contribution in [0.4, 0.5) is 52.7 Å². The van der Waals surface area contributed by atoms with Gasteiger partial charge in [-0.25, -0.2) is 18.0 Å². The maximum atomic E-state index is 12.9. The molecule has 41 heavy (non-hydrogen) atoms. The molecule has 3 nitrogen and oxygen atoms in total. The van der Waals surface area contributed by atoms with Crippen molar-refractivity contribution in [2.24, 2.45) is 0 Å². The van der Waals surface area contributed by atoms with E-state index in [2.05, 4.69) is 0 Å². The molecule has 0 aliphatic rings. The second kappa shape index (κ2) is 13.7. The van der Waals surface area contributed by atoms with Crippen molar-refractivity contribution in [3.63, 3.8) is 0 Å². The molecular formula is C23H9Cl3F12O3. The third kappa shape index (κ3) is 10.3. The number of halogens is 15. The molecule has 0 spiro atoms. The van der Waals surface area contributed by atoms with Gasteiger partial charge >= 0.3 is 24.5 Å². The Kier molecular flexibility index (Phi) is 11.9. The van der Waals surface area contributed by atoms with Gasteiger partial charge in [-0.1, -0.05) is 34.8 Å². The molecule has 3 rings (SSSR count). The summed E-state index contributed by atoms with van der Waals surface area (Å²) in [6, 6.07) is 3.26. The van der Waals surface area contributed by atoms with E-state index >= 15 is 0 Å². The first-order valence-electron chi connectivity index (χ1n) is 9.83. The van der Waals surface area contributed by atoms with Gasteiger partial charge < -0.3 is 5.11 Å². The van der Waals surface area contributed by atoms with Crippen molar-refractivity contribution in [3.05, 3.63) is 103 Å². The zero-order valence-electron chi connectivity index (χ0n) is 19.1. The minimum Gasteiger partial charge on any atom is -0.478 e. The van der Waals surface area contributed by atoms with Crippen molar-refractivity contribution >= 4 is 47.1 Å². The molecule has 3 aromatic rings. The van der Waals surface area contributed by atoms with Gasteiger partial charge in [-0.3, -0.25) is 4.79 Å².